The molecule has 0 aliphatic rings. The first-order valence-corrected chi connectivity index (χ1v) is 5.99. The Morgan fingerprint density at radius 1 is 1.33 bits per heavy atom. The lowest BCUT2D eigenvalue weighted by Crippen LogP contribution is -2.20. The minimum Gasteiger partial charge on any atom is -0.384 e. The number of nitrogens with one attached hydrogen (secondary N) is 1. The number of nitrogens with zero attached hydrogens (tertiary/aromatic N) is 2. The topological polar surface area (TPSA) is 63.8 Å². The van der Waals surface area contributed by atoms with Crippen LogP contribution in [-0.4, -0.2) is 17.0 Å². The molecule has 0 spiro atoms. The lowest BCUT2D eigenvalue weighted by Gasteiger charge is -2.18. The van der Waals surface area contributed by atoms with Crippen molar-refractivity contribution in [2.24, 2.45) is 0 Å². The van der Waals surface area contributed by atoms with Crippen molar-refractivity contribution < 1.29 is 0 Å². The second kappa shape index (κ2) is 5.60. The molecule has 2 rings (SSSR count). The highest BCUT2D eigenvalue weighted by Gasteiger charge is 2.12. The van der Waals surface area contributed by atoms with Gasteiger partial charge in [-0.2, -0.15) is 0 Å². The van der Waals surface area contributed by atoms with Gasteiger partial charge in [0.15, 0.2) is 0 Å². The number of aromatic nitrogens is 2. The molecular formula is C14H18N4. The van der Waals surface area contributed by atoms with E-state index in [0.717, 1.165) is 6.42 Å². The summed E-state index contributed by atoms with van der Waals surface area (Å²) < 4.78 is 0. The molecule has 0 bridgehead atoms. The first-order valence-electron chi connectivity index (χ1n) is 5.99. The maximum Gasteiger partial charge on any atom is 0.123 e. The molecule has 0 amide bonds. The van der Waals surface area contributed by atoms with Crippen LogP contribution in [0.25, 0.3) is 0 Å². The highest BCUT2D eigenvalue weighted by Crippen LogP contribution is 2.21. The van der Waals surface area contributed by atoms with Crippen LogP contribution in [0.15, 0.2) is 36.8 Å². The zero-order valence-corrected chi connectivity index (χ0v) is 10.7. The average Bonchev–Trinajstić information content (AvgIpc) is 2.37. The summed E-state index contributed by atoms with van der Waals surface area (Å²) in [5.41, 5.74) is 9.34. The highest BCUT2D eigenvalue weighted by molar-refractivity contribution is 5.34. The van der Waals surface area contributed by atoms with E-state index < -0.39 is 0 Å². The Morgan fingerprint density at radius 3 is 2.83 bits per heavy atom. The molecule has 18 heavy (non-hydrogen) atoms. The SMILES string of the molecule is CNC(Cc1ccnc(N)c1)c1ccncc1C. The molecule has 0 saturated heterocycles. The Kier molecular flexibility index (Phi) is 3.89. The van der Waals surface area contributed by atoms with E-state index in [9.17, 15) is 0 Å². The Bertz CT molecular complexity index is 525. The third-order valence-corrected chi connectivity index (χ3v) is 3.07. The normalized spacial score (nSPS) is 12.3. The van der Waals surface area contributed by atoms with E-state index in [4.69, 9.17) is 5.73 Å². The molecular weight excluding hydrogens is 224 g/mol. The van der Waals surface area contributed by atoms with E-state index in [1.807, 2.05) is 31.6 Å². The van der Waals surface area contributed by atoms with Crippen LogP contribution >= 0.6 is 0 Å². The van der Waals surface area contributed by atoms with Crippen molar-refractivity contribution >= 4 is 5.82 Å². The van der Waals surface area contributed by atoms with E-state index in [1.165, 1.54) is 16.7 Å². The number of anilines is 1. The number of hydrogen-bond donors (Lipinski definition) is 2. The summed E-state index contributed by atoms with van der Waals surface area (Å²) in [5, 5.41) is 3.34. The van der Waals surface area contributed by atoms with Crippen molar-refractivity contribution in [3.05, 3.63) is 53.5 Å². The van der Waals surface area contributed by atoms with Gasteiger partial charge in [-0.25, -0.2) is 4.98 Å². The molecule has 3 N–H and O–H groups in total. The van der Waals surface area contributed by atoms with Crippen molar-refractivity contribution in [1.29, 1.82) is 0 Å². The van der Waals surface area contributed by atoms with E-state index in [2.05, 4.69) is 28.3 Å². The maximum atomic E-state index is 5.70. The predicted molar refractivity (Wildman–Crippen MR) is 73.1 cm³/mol. The van der Waals surface area contributed by atoms with Crippen molar-refractivity contribution in [2.45, 2.75) is 19.4 Å². The number of rotatable bonds is 4. The molecule has 0 aromatic carbocycles. The van der Waals surface area contributed by atoms with Gasteiger partial charge in [0.25, 0.3) is 0 Å². The Labute approximate surface area is 107 Å². The van der Waals surface area contributed by atoms with Gasteiger partial charge in [-0.15, -0.1) is 0 Å². The number of likely N-dealkylation sites (N-methyl/N-ethyl adjacent to an activating group) is 1. The molecule has 1 atom stereocenters. The average molecular weight is 242 g/mol. The Hall–Kier alpha value is -1.94. The number of pyridine rings is 2. The summed E-state index contributed by atoms with van der Waals surface area (Å²) in [5.74, 6) is 0.564. The fourth-order valence-corrected chi connectivity index (χ4v) is 2.10. The Morgan fingerprint density at radius 2 is 2.17 bits per heavy atom. The van der Waals surface area contributed by atoms with Gasteiger partial charge in [-0.1, -0.05) is 0 Å². The summed E-state index contributed by atoms with van der Waals surface area (Å²) >= 11 is 0. The second-order valence-electron chi connectivity index (χ2n) is 4.37. The van der Waals surface area contributed by atoms with Crippen LogP contribution in [0.4, 0.5) is 5.82 Å². The fourth-order valence-electron chi connectivity index (χ4n) is 2.10. The van der Waals surface area contributed by atoms with Crippen molar-refractivity contribution in [1.82, 2.24) is 15.3 Å². The lowest BCUT2D eigenvalue weighted by molar-refractivity contribution is 0.588. The number of hydrogen-bond acceptors (Lipinski definition) is 4. The molecule has 0 aliphatic heterocycles. The van der Waals surface area contributed by atoms with Gasteiger partial charge in [-0.3, -0.25) is 4.98 Å². The van der Waals surface area contributed by atoms with Gasteiger partial charge in [0.2, 0.25) is 0 Å². The lowest BCUT2D eigenvalue weighted by atomic mass is 9.97. The van der Waals surface area contributed by atoms with Crippen molar-refractivity contribution in [3.63, 3.8) is 0 Å². The summed E-state index contributed by atoms with van der Waals surface area (Å²) in [4.78, 5) is 8.14. The summed E-state index contributed by atoms with van der Waals surface area (Å²) in [6.45, 7) is 2.08. The van der Waals surface area contributed by atoms with Crippen molar-refractivity contribution in [2.75, 3.05) is 12.8 Å². The van der Waals surface area contributed by atoms with Crippen LogP contribution in [0.1, 0.15) is 22.7 Å². The van der Waals surface area contributed by atoms with Gasteiger partial charge in [0.05, 0.1) is 0 Å². The largest absolute Gasteiger partial charge is 0.384 e. The van der Waals surface area contributed by atoms with Gasteiger partial charge in [0, 0.05) is 24.6 Å². The van der Waals surface area contributed by atoms with Crippen LogP contribution in [0.2, 0.25) is 0 Å². The molecule has 2 aromatic rings. The monoisotopic (exact) mass is 242 g/mol. The number of nitrogens with two attached hydrogens (primary N) is 1. The van der Waals surface area contributed by atoms with Gasteiger partial charge < -0.3 is 11.1 Å². The van der Waals surface area contributed by atoms with E-state index in [1.54, 1.807) is 6.20 Å². The molecule has 0 aliphatic carbocycles. The van der Waals surface area contributed by atoms with Crippen molar-refractivity contribution in [3.8, 4) is 0 Å². The molecule has 2 heterocycles. The second-order valence-corrected chi connectivity index (χ2v) is 4.37. The van der Waals surface area contributed by atoms with Crippen LogP contribution in [0.3, 0.4) is 0 Å². The fraction of sp³-hybridized carbons (Fsp3) is 0.286. The standard InChI is InChI=1S/C14H18N4/c1-10-9-17-5-4-12(10)13(16-2)7-11-3-6-18-14(15)8-11/h3-6,8-9,13,16H,7H2,1-2H3,(H2,15,18). The van der Waals surface area contributed by atoms with E-state index in [-0.39, 0.29) is 6.04 Å². The molecule has 4 heteroatoms. The molecule has 0 fully saturated rings. The maximum absolute atomic E-state index is 5.70. The van der Waals surface area contributed by atoms with Gasteiger partial charge in [0.1, 0.15) is 5.82 Å². The molecule has 0 radical (unpaired) electrons. The predicted octanol–water partition coefficient (Wildman–Crippen LogP) is 1.87. The van der Waals surface area contributed by atoms with E-state index >= 15 is 0 Å². The minimum absolute atomic E-state index is 0.259. The van der Waals surface area contributed by atoms with Crippen LogP contribution in [0, 0.1) is 6.92 Å². The van der Waals surface area contributed by atoms with Crippen LogP contribution < -0.4 is 11.1 Å². The third kappa shape index (κ3) is 2.84. The summed E-state index contributed by atoms with van der Waals surface area (Å²) in [6.07, 6.45) is 6.35. The Balaban J connectivity index is 2.23. The molecule has 1 unspecified atom stereocenters. The minimum atomic E-state index is 0.259. The highest BCUT2D eigenvalue weighted by atomic mass is 14.9. The number of nitrogen functional groups attached to an aromatic ring is 1. The van der Waals surface area contributed by atoms with Gasteiger partial charge in [-0.05, 0) is 55.3 Å². The van der Waals surface area contributed by atoms with Crippen LogP contribution in [-0.2, 0) is 6.42 Å². The summed E-state index contributed by atoms with van der Waals surface area (Å²) in [6, 6.07) is 6.23. The molecule has 0 saturated carbocycles. The smallest absolute Gasteiger partial charge is 0.123 e. The first-order chi connectivity index (χ1) is 8.70. The quantitative estimate of drug-likeness (QED) is 0.859. The van der Waals surface area contributed by atoms with E-state index in [0.29, 0.717) is 5.82 Å². The zero-order valence-electron chi connectivity index (χ0n) is 10.7. The van der Waals surface area contributed by atoms with Gasteiger partial charge >= 0.3 is 0 Å². The first kappa shape index (κ1) is 12.5. The molecule has 2 aromatic heterocycles. The molecule has 4 nitrogen and oxygen atoms in total. The molecule has 94 valence electrons. The third-order valence-electron chi connectivity index (χ3n) is 3.07. The number of aryl methyl sites for hydroxylation is 1. The van der Waals surface area contributed by atoms with Crippen LogP contribution in [0.5, 0.6) is 0 Å². The summed E-state index contributed by atoms with van der Waals surface area (Å²) in [7, 11) is 1.97. The zero-order chi connectivity index (χ0) is 13.0.